The van der Waals surface area contributed by atoms with Crippen molar-refractivity contribution in [1.82, 2.24) is 9.97 Å². The number of thioether (sulfide) groups is 1. The van der Waals surface area contributed by atoms with Gasteiger partial charge in [-0.25, -0.2) is 4.98 Å². The average Bonchev–Trinajstić information content (AvgIpc) is 2.51. The lowest BCUT2D eigenvalue weighted by Gasteiger charge is -2.08. The van der Waals surface area contributed by atoms with Crippen molar-refractivity contribution in [2.45, 2.75) is 25.1 Å². The van der Waals surface area contributed by atoms with E-state index < -0.39 is 0 Å². The second-order valence-electron chi connectivity index (χ2n) is 4.40. The van der Waals surface area contributed by atoms with E-state index in [9.17, 15) is 0 Å². The molecule has 5 nitrogen and oxygen atoms in total. The molecule has 0 aliphatic heterocycles. The number of hydrogen-bond donors (Lipinski definition) is 1. The van der Waals surface area contributed by atoms with Gasteiger partial charge in [-0.15, -0.1) is 0 Å². The van der Waals surface area contributed by atoms with E-state index in [0.717, 1.165) is 23.5 Å². The van der Waals surface area contributed by atoms with E-state index in [1.807, 2.05) is 24.3 Å². The molecule has 0 saturated heterocycles. The van der Waals surface area contributed by atoms with E-state index in [-0.39, 0.29) is 0 Å². The summed E-state index contributed by atoms with van der Waals surface area (Å²) in [6.45, 7) is 2.54. The van der Waals surface area contributed by atoms with Gasteiger partial charge >= 0.3 is 0 Å². The van der Waals surface area contributed by atoms with Gasteiger partial charge in [-0.2, -0.15) is 4.98 Å². The minimum Gasteiger partial charge on any atom is -0.497 e. The first-order valence-electron chi connectivity index (χ1n) is 6.74. The van der Waals surface area contributed by atoms with Crippen LogP contribution in [0.2, 0.25) is 0 Å². The van der Waals surface area contributed by atoms with E-state index in [0.29, 0.717) is 23.5 Å². The molecule has 0 atom stereocenters. The lowest BCUT2D eigenvalue weighted by atomic mass is 10.2. The maximum atomic E-state index is 5.78. The molecule has 2 aromatic rings. The predicted octanol–water partition coefficient (Wildman–Crippen LogP) is 3.15. The molecule has 21 heavy (non-hydrogen) atoms. The van der Waals surface area contributed by atoms with Gasteiger partial charge in [-0.05, 0) is 24.1 Å². The molecule has 0 fully saturated rings. The molecule has 0 amide bonds. The van der Waals surface area contributed by atoms with Gasteiger partial charge in [0.15, 0.2) is 5.16 Å². The number of nitrogens with zero attached hydrogens (tertiary/aromatic N) is 2. The Kier molecular flexibility index (Phi) is 5.68. The van der Waals surface area contributed by atoms with Crippen LogP contribution in [0, 0.1) is 0 Å². The van der Waals surface area contributed by atoms with Crippen molar-refractivity contribution in [1.29, 1.82) is 0 Å². The Morgan fingerprint density at radius 1 is 1.19 bits per heavy atom. The van der Waals surface area contributed by atoms with Crippen LogP contribution < -0.4 is 15.2 Å². The number of aromatic nitrogens is 2. The van der Waals surface area contributed by atoms with Crippen LogP contribution in [0.1, 0.15) is 18.9 Å². The van der Waals surface area contributed by atoms with Gasteiger partial charge in [0.05, 0.1) is 7.11 Å². The standard InChI is InChI=1S/C15H19N3O2S/c1-3-8-21-15-17-13(16)9-14(18-15)20-10-11-4-6-12(19-2)7-5-11/h4-7,9H,3,8,10H2,1-2H3,(H2,16,17,18). The van der Waals surface area contributed by atoms with Crippen molar-refractivity contribution in [2.75, 3.05) is 18.6 Å². The maximum Gasteiger partial charge on any atom is 0.219 e. The van der Waals surface area contributed by atoms with Crippen molar-refractivity contribution in [3.05, 3.63) is 35.9 Å². The summed E-state index contributed by atoms with van der Waals surface area (Å²) < 4.78 is 10.8. The van der Waals surface area contributed by atoms with Crippen LogP contribution in [-0.2, 0) is 6.61 Å². The molecule has 1 aromatic heterocycles. The van der Waals surface area contributed by atoms with Crippen LogP contribution in [0.25, 0.3) is 0 Å². The molecule has 1 aromatic carbocycles. The first kappa shape index (κ1) is 15.4. The summed E-state index contributed by atoms with van der Waals surface area (Å²) >= 11 is 1.58. The summed E-state index contributed by atoms with van der Waals surface area (Å²) in [5.74, 6) is 2.70. The third-order valence-electron chi connectivity index (χ3n) is 2.68. The summed E-state index contributed by atoms with van der Waals surface area (Å²) in [6, 6.07) is 9.34. The first-order chi connectivity index (χ1) is 10.2. The number of nitrogen functional groups attached to an aromatic ring is 1. The third-order valence-corrected chi connectivity index (χ3v) is 3.74. The highest BCUT2D eigenvalue weighted by atomic mass is 32.2. The molecule has 0 bridgehead atoms. The highest BCUT2D eigenvalue weighted by Gasteiger charge is 2.05. The van der Waals surface area contributed by atoms with Gasteiger partial charge in [0.2, 0.25) is 5.88 Å². The number of methoxy groups -OCH3 is 1. The number of rotatable bonds is 7. The number of ether oxygens (including phenoxy) is 2. The minimum absolute atomic E-state index is 0.424. The molecule has 1 heterocycles. The van der Waals surface area contributed by atoms with Crippen molar-refractivity contribution in [3.8, 4) is 11.6 Å². The minimum atomic E-state index is 0.424. The summed E-state index contributed by atoms with van der Waals surface area (Å²) in [5, 5.41) is 0.654. The third kappa shape index (κ3) is 4.82. The van der Waals surface area contributed by atoms with Crippen LogP contribution in [-0.4, -0.2) is 22.8 Å². The molecular formula is C15H19N3O2S. The molecule has 0 spiro atoms. The largest absolute Gasteiger partial charge is 0.497 e. The van der Waals surface area contributed by atoms with E-state index in [4.69, 9.17) is 15.2 Å². The smallest absolute Gasteiger partial charge is 0.219 e. The second kappa shape index (κ2) is 7.73. The summed E-state index contributed by atoms with van der Waals surface area (Å²) in [7, 11) is 1.64. The molecular weight excluding hydrogens is 286 g/mol. The summed E-state index contributed by atoms with van der Waals surface area (Å²) in [6.07, 6.45) is 1.06. The highest BCUT2D eigenvalue weighted by molar-refractivity contribution is 7.99. The van der Waals surface area contributed by atoms with Gasteiger partial charge in [0, 0.05) is 11.8 Å². The van der Waals surface area contributed by atoms with Crippen molar-refractivity contribution < 1.29 is 9.47 Å². The van der Waals surface area contributed by atoms with E-state index in [1.54, 1.807) is 24.9 Å². The lowest BCUT2D eigenvalue weighted by Crippen LogP contribution is -2.01. The number of benzene rings is 1. The van der Waals surface area contributed by atoms with Crippen LogP contribution in [0.15, 0.2) is 35.5 Å². The molecule has 0 saturated carbocycles. The molecule has 0 aliphatic rings. The van der Waals surface area contributed by atoms with Crippen LogP contribution >= 0.6 is 11.8 Å². The topological polar surface area (TPSA) is 70.3 Å². The van der Waals surface area contributed by atoms with Gasteiger partial charge in [0.25, 0.3) is 0 Å². The van der Waals surface area contributed by atoms with E-state index >= 15 is 0 Å². The molecule has 2 N–H and O–H groups in total. The van der Waals surface area contributed by atoms with Crippen molar-refractivity contribution in [2.24, 2.45) is 0 Å². The quantitative estimate of drug-likeness (QED) is 0.626. The first-order valence-corrected chi connectivity index (χ1v) is 7.73. The zero-order chi connectivity index (χ0) is 15.1. The SMILES string of the molecule is CCCSc1nc(N)cc(OCc2ccc(OC)cc2)n1. The normalized spacial score (nSPS) is 10.4. The fourth-order valence-electron chi connectivity index (χ4n) is 1.63. The zero-order valence-electron chi connectivity index (χ0n) is 12.2. The second-order valence-corrected chi connectivity index (χ2v) is 5.46. The Labute approximate surface area is 128 Å². The number of hydrogen-bond acceptors (Lipinski definition) is 6. The molecule has 0 aliphatic carbocycles. The monoisotopic (exact) mass is 305 g/mol. The van der Waals surface area contributed by atoms with Crippen LogP contribution in [0.4, 0.5) is 5.82 Å². The Morgan fingerprint density at radius 2 is 1.95 bits per heavy atom. The van der Waals surface area contributed by atoms with Crippen LogP contribution in [0.3, 0.4) is 0 Å². The Bertz CT molecular complexity index is 576. The van der Waals surface area contributed by atoms with Crippen LogP contribution in [0.5, 0.6) is 11.6 Å². The molecule has 2 rings (SSSR count). The molecule has 112 valence electrons. The molecule has 0 unspecified atom stereocenters. The fourth-order valence-corrected chi connectivity index (χ4v) is 2.34. The van der Waals surface area contributed by atoms with Crippen molar-refractivity contribution in [3.63, 3.8) is 0 Å². The van der Waals surface area contributed by atoms with Gasteiger partial charge in [-0.1, -0.05) is 30.8 Å². The highest BCUT2D eigenvalue weighted by Crippen LogP contribution is 2.20. The Hall–Kier alpha value is -1.95. The summed E-state index contributed by atoms with van der Waals surface area (Å²) in [4.78, 5) is 8.53. The molecule has 6 heteroatoms. The lowest BCUT2D eigenvalue weighted by molar-refractivity contribution is 0.290. The Balaban J connectivity index is 1.99. The molecule has 0 radical (unpaired) electrons. The number of anilines is 1. The van der Waals surface area contributed by atoms with Gasteiger partial charge in [0.1, 0.15) is 18.2 Å². The summed E-state index contributed by atoms with van der Waals surface area (Å²) in [5.41, 5.74) is 6.81. The Morgan fingerprint density at radius 3 is 2.62 bits per heavy atom. The van der Waals surface area contributed by atoms with Gasteiger partial charge in [-0.3, -0.25) is 0 Å². The fraction of sp³-hybridized carbons (Fsp3) is 0.333. The number of nitrogens with two attached hydrogens (primary N) is 1. The zero-order valence-corrected chi connectivity index (χ0v) is 13.0. The predicted molar refractivity (Wildman–Crippen MR) is 84.8 cm³/mol. The average molecular weight is 305 g/mol. The van der Waals surface area contributed by atoms with Gasteiger partial charge < -0.3 is 15.2 Å². The maximum absolute atomic E-state index is 5.78. The van der Waals surface area contributed by atoms with Crippen molar-refractivity contribution >= 4 is 17.6 Å². The van der Waals surface area contributed by atoms with E-state index in [2.05, 4.69) is 16.9 Å². The van der Waals surface area contributed by atoms with E-state index in [1.165, 1.54) is 0 Å².